The minimum Gasteiger partial charge on any atom is -0.383 e. The molecule has 1 atom stereocenters. The van der Waals surface area contributed by atoms with Crippen LogP contribution in [0.5, 0.6) is 0 Å². The molecule has 1 aromatic rings. The van der Waals surface area contributed by atoms with Crippen LogP contribution in [-0.4, -0.2) is 29.6 Å². The number of nitrogens with one attached hydrogen (secondary N) is 1. The molecule has 1 unspecified atom stereocenters. The summed E-state index contributed by atoms with van der Waals surface area (Å²) in [6.45, 7) is 1.48. The summed E-state index contributed by atoms with van der Waals surface area (Å²) in [5.74, 6) is 0. The summed E-state index contributed by atoms with van der Waals surface area (Å²) >= 11 is 5.48. The van der Waals surface area contributed by atoms with Crippen molar-refractivity contribution in [3.8, 4) is 0 Å². The minimum absolute atomic E-state index is 0.00689. The van der Waals surface area contributed by atoms with Crippen molar-refractivity contribution in [2.75, 3.05) is 19.0 Å². The number of benzene rings is 1. The van der Waals surface area contributed by atoms with Crippen molar-refractivity contribution in [1.82, 2.24) is 0 Å². The van der Waals surface area contributed by atoms with E-state index in [2.05, 4.69) is 5.32 Å². The first-order chi connectivity index (χ1) is 10.5. The van der Waals surface area contributed by atoms with E-state index < -0.39 is 49.7 Å². The number of hydrogen-bond donors (Lipinski definition) is 1. The number of rotatable bonds is 6. The molecule has 0 bridgehead atoms. The maximum absolute atomic E-state index is 12.9. The number of alkyl halides is 3. The maximum Gasteiger partial charge on any atom is 0.418 e. The summed E-state index contributed by atoms with van der Waals surface area (Å²) in [7, 11) is 1.32. The van der Waals surface area contributed by atoms with Crippen molar-refractivity contribution in [1.29, 1.82) is 0 Å². The fourth-order valence-corrected chi connectivity index (χ4v) is 2.16. The smallest absolute Gasteiger partial charge is 0.383 e. The van der Waals surface area contributed by atoms with Crippen LogP contribution < -0.4 is 5.32 Å². The number of hydrogen-bond acceptors (Lipinski definition) is 6. The largest absolute Gasteiger partial charge is 0.418 e. The number of ether oxygens (including phenoxy) is 1. The molecule has 23 heavy (non-hydrogen) atoms. The first kappa shape index (κ1) is 18.9. The van der Waals surface area contributed by atoms with Crippen molar-refractivity contribution in [3.63, 3.8) is 0 Å². The van der Waals surface area contributed by atoms with Crippen molar-refractivity contribution in [2.24, 2.45) is 0 Å². The predicted octanol–water partition coefficient (Wildman–Crippen LogP) is 3.62. The molecule has 0 saturated heterocycles. The fraction of sp³-hybridized carbons (Fsp3) is 0.455. The second kappa shape index (κ2) is 6.96. The van der Waals surface area contributed by atoms with E-state index in [1.54, 1.807) is 0 Å². The number of methoxy groups -OCH3 is 1. The van der Waals surface area contributed by atoms with Crippen LogP contribution in [0.4, 0.5) is 30.2 Å². The number of nitro groups is 2. The number of nitrogens with zero attached hydrogens (tertiary/aromatic N) is 2. The average molecular weight is 358 g/mol. The molecule has 12 heteroatoms. The molecule has 0 heterocycles. The quantitative estimate of drug-likeness (QED) is 0.615. The zero-order valence-electron chi connectivity index (χ0n) is 11.8. The molecule has 0 fully saturated rings. The lowest BCUT2D eigenvalue weighted by Crippen LogP contribution is -2.22. The lowest BCUT2D eigenvalue weighted by atomic mass is 10.1. The van der Waals surface area contributed by atoms with E-state index in [1.165, 1.54) is 14.0 Å². The number of halogens is 4. The van der Waals surface area contributed by atoms with Crippen LogP contribution in [0.1, 0.15) is 12.5 Å². The monoisotopic (exact) mass is 357 g/mol. The van der Waals surface area contributed by atoms with Crippen molar-refractivity contribution >= 4 is 28.7 Å². The molecule has 0 aliphatic carbocycles. The van der Waals surface area contributed by atoms with E-state index in [9.17, 15) is 33.4 Å². The predicted molar refractivity (Wildman–Crippen MR) is 74.7 cm³/mol. The van der Waals surface area contributed by atoms with Gasteiger partial charge in [0.15, 0.2) is 5.69 Å². The van der Waals surface area contributed by atoms with Gasteiger partial charge in [-0.2, -0.15) is 13.2 Å². The maximum atomic E-state index is 12.9. The van der Waals surface area contributed by atoms with Crippen molar-refractivity contribution in [2.45, 2.75) is 19.1 Å². The standard InChI is InChI=1S/C11H11ClF3N3O5/c1-5(4-23-2)16-9-7(17(19)20)3-6(11(13,14)15)8(12)10(9)18(21)22/h3,5,16H,4H2,1-2H3. The van der Waals surface area contributed by atoms with Crippen molar-refractivity contribution in [3.05, 3.63) is 36.9 Å². The Balaban J connectivity index is 3.68. The molecule has 1 N–H and O–H groups in total. The Labute approximate surface area is 132 Å². The SMILES string of the molecule is COCC(C)Nc1c([N+](=O)[O-])cc(C(F)(F)F)c(Cl)c1[N+](=O)[O-]. The van der Waals surface area contributed by atoms with E-state index in [0.717, 1.165) is 0 Å². The molecule has 0 aliphatic rings. The van der Waals surface area contributed by atoms with Crippen LogP contribution in [0.3, 0.4) is 0 Å². The molecular weight excluding hydrogens is 347 g/mol. The molecule has 1 rings (SSSR count). The Morgan fingerprint density at radius 1 is 1.35 bits per heavy atom. The first-order valence-electron chi connectivity index (χ1n) is 5.98. The molecule has 0 amide bonds. The molecule has 0 saturated carbocycles. The van der Waals surface area contributed by atoms with Gasteiger partial charge in [0.05, 0.1) is 22.0 Å². The molecule has 1 aromatic carbocycles. The highest BCUT2D eigenvalue weighted by molar-refractivity contribution is 6.34. The van der Waals surface area contributed by atoms with Crippen LogP contribution in [0, 0.1) is 20.2 Å². The topological polar surface area (TPSA) is 108 Å². The molecule has 0 spiro atoms. The van der Waals surface area contributed by atoms with Crippen LogP contribution in [0.15, 0.2) is 6.07 Å². The molecule has 0 radical (unpaired) electrons. The van der Waals surface area contributed by atoms with E-state index in [-0.39, 0.29) is 12.7 Å². The summed E-state index contributed by atoms with van der Waals surface area (Å²) in [6, 6.07) is -0.484. The number of anilines is 1. The van der Waals surface area contributed by atoms with Gasteiger partial charge in [0.2, 0.25) is 0 Å². The lowest BCUT2D eigenvalue weighted by Gasteiger charge is -2.17. The van der Waals surface area contributed by atoms with E-state index in [4.69, 9.17) is 16.3 Å². The molecule has 8 nitrogen and oxygen atoms in total. The Kier molecular flexibility index (Phi) is 5.72. The summed E-state index contributed by atoms with van der Waals surface area (Å²) in [5.41, 5.74) is -4.67. The summed E-state index contributed by atoms with van der Waals surface area (Å²) in [4.78, 5) is 19.8. The molecule has 0 aromatic heterocycles. The van der Waals surface area contributed by atoms with Gasteiger partial charge in [-0.15, -0.1) is 0 Å². The normalized spacial score (nSPS) is 12.8. The zero-order chi connectivity index (χ0) is 17.9. The second-order valence-corrected chi connectivity index (χ2v) is 4.87. The minimum atomic E-state index is -5.08. The Hall–Kier alpha value is -2.14. The van der Waals surface area contributed by atoms with E-state index in [0.29, 0.717) is 0 Å². The van der Waals surface area contributed by atoms with Gasteiger partial charge in [-0.1, -0.05) is 11.6 Å². The molecular formula is C11H11ClF3N3O5. The van der Waals surface area contributed by atoms with Gasteiger partial charge in [-0.05, 0) is 6.92 Å². The van der Waals surface area contributed by atoms with Crippen molar-refractivity contribution < 1.29 is 27.8 Å². The summed E-state index contributed by atoms with van der Waals surface area (Å²) in [5, 5.41) is 23.3. The zero-order valence-corrected chi connectivity index (χ0v) is 12.6. The Morgan fingerprint density at radius 3 is 2.30 bits per heavy atom. The van der Waals surface area contributed by atoms with Gasteiger partial charge >= 0.3 is 11.9 Å². The lowest BCUT2D eigenvalue weighted by molar-refractivity contribution is -0.392. The van der Waals surface area contributed by atoms with Gasteiger partial charge in [-0.25, -0.2) is 0 Å². The van der Waals surface area contributed by atoms with Gasteiger partial charge in [0.1, 0.15) is 5.02 Å². The third kappa shape index (κ3) is 4.20. The number of nitro benzene ring substituents is 2. The summed E-state index contributed by atoms with van der Waals surface area (Å²) in [6.07, 6.45) is -5.08. The van der Waals surface area contributed by atoms with E-state index in [1.807, 2.05) is 0 Å². The van der Waals surface area contributed by atoms with Crippen LogP contribution in [-0.2, 0) is 10.9 Å². The molecule has 128 valence electrons. The van der Waals surface area contributed by atoms with Gasteiger partial charge < -0.3 is 10.1 Å². The fourth-order valence-electron chi connectivity index (χ4n) is 1.83. The van der Waals surface area contributed by atoms with Crippen LogP contribution >= 0.6 is 11.6 Å². The van der Waals surface area contributed by atoms with Crippen LogP contribution in [0.25, 0.3) is 0 Å². The third-order valence-corrected chi connectivity index (χ3v) is 3.09. The van der Waals surface area contributed by atoms with E-state index >= 15 is 0 Å². The Bertz CT molecular complexity index is 638. The Morgan fingerprint density at radius 2 is 1.91 bits per heavy atom. The highest BCUT2D eigenvalue weighted by atomic mass is 35.5. The van der Waals surface area contributed by atoms with Gasteiger partial charge in [0.25, 0.3) is 5.69 Å². The summed E-state index contributed by atoms with van der Waals surface area (Å²) < 4.78 is 43.4. The highest BCUT2D eigenvalue weighted by Crippen LogP contribution is 2.47. The van der Waals surface area contributed by atoms with Gasteiger partial charge in [-0.3, -0.25) is 20.2 Å². The average Bonchev–Trinajstić information content (AvgIpc) is 2.36. The third-order valence-electron chi connectivity index (χ3n) is 2.71. The van der Waals surface area contributed by atoms with Crippen LogP contribution in [0.2, 0.25) is 5.02 Å². The van der Waals surface area contributed by atoms with Gasteiger partial charge in [0, 0.05) is 19.2 Å². The first-order valence-corrected chi connectivity index (χ1v) is 6.36. The molecule has 0 aliphatic heterocycles. The second-order valence-electron chi connectivity index (χ2n) is 4.49. The highest BCUT2D eigenvalue weighted by Gasteiger charge is 2.42.